The van der Waals surface area contributed by atoms with Gasteiger partial charge in [0.2, 0.25) is 0 Å². The fraction of sp³-hybridized carbons (Fsp3) is 0.500. The lowest BCUT2D eigenvalue weighted by atomic mass is 9.98. The van der Waals surface area contributed by atoms with Crippen molar-refractivity contribution in [2.24, 2.45) is 5.92 Å². The highest BCUT2D eigenvalue weighted by Crippen LogP contribution is 2.32. The highest BCUT2D eigenvalue weighted by atomic mass is 16.5. The van der Waals surface area contributed by atoms with E-state index in [4.69, 9.17) is 9.72 Å². The number of hydrogen-bond acceptors (Lipinski definition) is 4. The van der Waals surface area contributed by atoms with Gasteiger partial charge in [0, 0.05) is 39.1 Å². The highest BCUT2D eigenvalue weighted by molar-refractivity contribution is 5.77. The van der Waals surface area contributed by atoms with Crippen molar-refractivity contribution in [1.29, 1.82) is 0 Å². The molecule has 3 heterocycles. The second kappa shape index (κ2) is 7.54. The third-order valence-corrected chi connectivity index (χ3v) is 6.80. The molecule has 1 unspecified atom stereocenters. The first-order valence-electron chi connectivity index (χ1n) is 10.7. The summed E-state index contributed by atoms with van der Waals surface area (Å²) < 4.78 is 8.43. The molecule has 0 spiro atoms. The van der Waals surface area contributed by atoms with Gasteiger partial charge >= 0.3 is 0 Å². The number of hydrogen-bond donors (Lipinski definition) is 0. The molecule has 5 nitrogen and oxygen atoms in total. The molecule has 5 rings (SSSR count). The van der Waals surface area contributed by atoms with Crippen molar-refractivity contribution in [1.82, 2.24) is 19.4 Å². The summed E-state index contributed by atoms with van der Waals surface area (Å²) in [6.07, 6.45) is 7.60. The van der Waals surface area contributed by atoms with E-state index in [1.807, 2.05) is 19.5 Å². The lowest BCUT2D eigenvalue weighted by Crippen LogP contribution is -2.47. The average Bonchev–Trinajstić information content (AvgIpc) is 3.26. The van der Waals surface area contributed by atoms with Gasteiger partial charge in [0.05, 0.1) is 23.2 Å². The first-order chi connectivity index (χ1) is 14.1. The number of aromatic nitrogens is 3. The topological polar surface area (TPSA) is 43.2 Å². The largest absolute Gasteiger partial charge is 0.378 e. The zero-order chi connectivity index (χ0) is 20.0. The fourth-order valence-corrected chi connectivity index (χ4v) is 5.44. The second-order valence-electron chi connectivity index (χ2n) is 8.83. The lowest BCUT2D eigenvalue weighted by molar-refractivity contribution is -0.00928. The molecule has 0 bridgehead atoms. The minimum atomic E-state index is 0.187. The van der Waals surface area contributed by atoms with E-state index >= 15 is 0 Å². The van der Waals surface area contributed by atoms with E-state index in [1.54, 1.807) is 0 Å². The van der Waals surface area contributed by atoms with Crippen LogP contribution >= 0.6 is 0 Å². The number of pyridine rings is 1. The Kier molecular flexibility index (Phi) is 4.88. The van der Waals surface area contributed by atoms with Crippen molar-refractivity contribution < 1.29 is 4.74 Å². The molecule has 3 aromatic rings. The van der Waals surface area contributed by atoms with Crippen molar-refractivity contribution >= 4 is 11.0 Å². The number of likely N-dealkylation sites (tertiary alicyclic amines) is 1. The summed E-state index contributed by atoms with van der Waals surface area (Å²) in [5.74, 6) is 1.78. The van der Waals surface area contributed by atoms with Crippen LogP contribution in [0.1, 0.15) is 35.0 Å². The molecule has 1 aliphatic carbocycles. The number of nitrogens with zero attached hydrogens (tertiary/aromatic N) is 4. The summed E-state index contributed by atoms with van der Waals surface area (Å²) in [6.45, 7) is 7.49. The predicted molar refractivity (Wildman–Crippen MR) is 115 cm³/mol. The SMILES string of the molecule is CO[C@@H]1CN(CC2Cc3ccncc3C2)CC[C@H]1n1c(C)nc2cc(C)ccc21. The predicted octanol–water partition coefficient (Wildman–Crippen LogP) is 3.72. The zero-order valence-corrected chi connectivity index (χ0v) is 17.6. The zero-order valence-electron chi connectivity index (χ0n) is 17.6. The van der Waals surface area contributed by atoms with Crippen LogP contribution < -0.4 is 0 Å². The molecule has 2 aliphatic rings. The molecule has 0 radical (unpaired) electrons. The summed E-state index contributed by atoms with van der Waals surface area (Å²) in [6, 6.07) is 9.11. The highest BCUT2D eigenvalue weighted by Gasteiger charge is 2.34. The molecule has 0 saturated carbocycles. The maximum atomic E-state index is 6.01. The van der Waals surface area contributed by atoms with Crippen molar-refractivity contribution in [3.05, 3.63) is 59.2 Å². The Morgan fingerprint density at radius 2 is 2.00 bits per heavy atom. The molecular formula is C24H30N4O. The van der Waals surface area contributed by atoms with E-state index in [9.17, 15) is 0 Å². The molecule has 1 aliphatic heterocycles. The average molecular weight is 391 g/mol. The van der Waals surface area contributed by atoms with Crippen molar-refractivity contribution in [3.63, 3.8) is 0 Å². The van der Waals surface area contributed by atoms with E-state index in [0.29, 0.717) is 12.0 Å². The Morgan fingerprint density at radius 3 is 2.83 bits per heavy atom. The van der Waals surface area contributed by atoms with Gasteiger partial charge in [-0.2, -0.15) is 0 Å². The Labute approximate surface area is 172 Å². The normalized spacial score (nSPS) is 24.9. The summed E-state index contributed by atoms with van der Waals surface area (Å²) in [4.78, 5) is 11.7. The molecule has 29 heavy (non-hydrogen) atoms. The van der Waals surface area contributed by atoms with Gasteiger partial charge in [-0.25, -0.2) is 4.98 Å². The number of fused-ring (bicyclic) bond motifs is 2. The molecule has 3 atom stereocenters. The van der Waals surface area contributed by atoms with Gasteiger partial charge in [-0.05, 0) is 73.9 Å². The summed E-state index contributed by atoms with van der Waals surface area (Å²) in [7, 11) is 1.86. The van der Waals surface area contributed by atoms with Gasteiger partial charge in [0.1, 0.15) is 5.82 Å². The minimum absolute atomic E-state index is 0.187. The Balaban J connectivity index is 1.31. The van der Waals surface area contributed by atoms with Crippen LogP contribution in [-0.2, 0) is 17.6 Å². The van der Waals surface area contributed by atoms with Crippen molar-refractivity contribution in [3.8, 4) is 0 Å². The van der Waals surface area contributed by atoms with Crippen LogP contribution in [-0.4, -0.2) is 52.3 Å². The maximum absolute atomic E-state index is 6.01. The van der Waals surface area contributed by atoms with Gasteiger partial charge in [-0.1, -0.05) is 6.07 Å². The van der Waals surface area contributed by atoms with Crippen LogP contribution in [0.2, 0.25) is 0 Å². The molecule has 1 fully saturated rings. The Morgan fingerprint density at radius 1 is 1.14 bits per heavy atom. The fourth-order valence-electron chi connectivity index (χ4n) is 5.44. The number of ether oxygens (including phenoxy) is 1. The van der Waals surface area contributed by atoms with Crippen LogP contribution in [0.5, 0.6) is 0 Å². The van der Waals surface area contributed by atoms with Crippen LogP contribution in [0.25, 0.3) is 11.0 Å². The number of aryl methyl sites for hydroxylation is 2. The molecule has 5 heteroatoms. The summed E-state index contributed by atoms with van der Waals surface area (Å²) in [5.41, 5.74) is 6.50. The number of imidazole rings is 1. The quantitative estimate of drug-likeness (QED) is 0.681. The molecule has 1 saturated heterocycles. The van der Waals surface area contributed by atoms with E-state index in [-0.39, 0.29) is 6.10 Å². The number of benzene rings is 1. The van der Waals surface area contributed by atoms with Gasteiger partial charge < -0.3 is 14.2 Å². The Hall–Kier alpha value is -2.24. The number of rotatable bonds is 4. The van der Waals surface area contributed by atoms with Gasteiger partial charge in [-0.3, -0.25) is 4.98 Å². The van der Waals surface area contributed by atoms with Crippen molar-refractivity contribution in [2.75, 3.05) is 26.7 Å². The van der Waals surface area contributed by atoms with Crippen LogP contribution in [0.4, 0.5) is 0 Å². The monoisotopic (exact) mass is 390 g/mol. The minimum Gasteiger partial charge on any atom is -0.378 e. The van der Waals surface area contributed by atoms with Gasteiger partial charge in [0.25, 0.3) is 0 Å². The van der Waals surface area contributed by atoms with Crippen LogP contribution in [0.15, 0.2) is 36.7 Å². The summed E-state index contributed by atoms with van der Waals surface area (Å²) >= 11 is 0. The molecule has 152 valence electrons. The standard InChI is InChI=1S/C24H30N4O/c1-16-4-5-22-21(10-16)26-17(2)28(22)23-7-9-27(15-24(23)29-3)14-18-11-19-6-8-25-13-20(19)12-18/h4-6,8,10,13,18,23-24H,7,9,11-12,14-15H2,1-3H3/t18?,23-,24-/m1/s1. The second-order valence-corrected chi connectivity index (χ2v) is 8.83. The number of piperidine rings is 1. The van der Waals surface area contributed by atoms with E-state index in [0.717, 1.165) is 43.8 Å². The van der Waals surface area contributed by atoms with Gasteiger partial charge in [-0.15, -0.1) is 0 Å². The molecular weight excluding hydrogens is 360 g/mol. The van der Waals surface area contributed by atoms with Crippen LogP contribution in [0, 0.1) is 19.8 Å². The first kappa shape index (κ1) is 18.8. The number of methoxy groups -OCH3 is 1. The summed E-state index contributed by atoms with van der Waals surface area (Å²) in [5, 5.41) is 0. The smallest absolute Gasteiger partial charge is 0.107 e. The maximum Gasteiger partial charge on any atom is 0.107 e. The molecule has 0 amide bonds. The Bertz CT molecular complexity index is 1000. The van der Waals surface area contributed by atoms with E-state index in [1.165, 1.54) is 28.6 Å². The molecule has 0 N–H and O–H groups in total. The van der Waals surface area contributed by atoms with Gasteiger partial charge in [0.15, 0.2) is 0 Å². The molecule has 2 aromatic heterocycles. The molecule has 1 aromatic carbocycles. The van der Waals surface area contributed by atoms with E-state index < -0.39 is 0 Å². The third-order valence-electron chi connectivity index (χ3n) is 6.80. The third kappa shape index (κ3) is 3.47. The van der Waals surface area contributed by atoms with Crippen molar-refractivity contribution in [2.45, 2.75) is 45.3 Å². The first-order valence-corrected chi connectivity index (χ1v) is 10.7. The van der Waals surface area contributed by atoms with E-state index in [2.05, 4.69) is 52.6 Å². The van der Waals surface area contributed by atoms with Crippen LogP contribution in [0.3, 0.4) is 0 Å². The lowest BCUT2D eigenvalue weighted by Gasteiger charge is -2.40.